The zero-order valence-corrected chi connectivity index (χ0v) is 17.0. The molecule has 1 aliphatic rings. The number of esters is 1. The van der Waals surface area contributed by atoms with Gasteiger partial charge in [0.2, 0.25) is 5.56 Å². The maximum Gasteiger partial charge on any atom is 0.328 e. The molecule has 29 heavy (non-hydrogen) atoms. The van der Waals surface area contributed by atoms with E-state index in [0.717, 1.165) is 21.7 Å². The van der Waals surface area contributed by atoms with Gasteiger partial charge in [0.1, 0.15) is 11.9 Å². The van der Waals surface area contributed by atoms with Gasteiger partial charge in [-0.15, -0.1) is 0 Å². The Morgan fingerprint density at radius 3 is 2.79 bits per heavy atom. The third-order valence-corrected chi connectivity index (χ3v) is 5.84. The second-order valence-corrected chi connectivity index (χ2v) is 7.65. The summed E-state index contributed by atoms with van der Waals surface area (Å²) in [6.07, 6.45) is 0.283. The average molecular weight is 459 g/mol. The predicted molar refractivity (Wildman–Crippen MR) is 108 cm³/mol. The van der Waals surface area contributed by atoms with Crippen LogP contribution in [0.3, 0.4) is 0 Å². The fraction of sp³-hybridized carbons (Fsp3) is 0.190. The van der Waals surface area contributed by atoms with Crippen molar-refractivity contribution in [3.8, 4) is 0 Å². The normalized spacial score (nSPS) is 15.8. The number of hydrogen-bond acceptors (Lipinski definition) is 4. The maximum atomic E-state index is 13.6. The second kappa shape index (κ2) is 7.44. The van der Waals surface area contributed by atoms with Crippen LogP contribution in [0.15, 0.2) is 51.7 Å². The lowest BCUT2D eigenvalue weighted by Crippen LogP contribution is -2.49. The molecule has 3 aromatic rings. The van der Waals surface area contributed by atoms with Crippen molar-refractivity contribution in [1.82, 2.24) is 9.88 Å². The molecule has 2 heterocycles. The first-order valence-electron chi connectivity index (χ1n) is 8.86. The fourth-order valence-corrected chi connectivity index (χ4v) is 4.27. The molecular weight excluding hydrogens is 443 g/mol. The molecule has 6 nitrogen and oxygen atoms in total. The molecule has 1 N–H and O–H groups in total. The summed E-state index contributed by atoms with van der Waals surface area (Å²) in [7, 11) is 1.27. The molecule has 0 aliphatic carbocycles. The van der Waals surface area contributed by atoms with Gasteiger partial charge in [0.15, 0.2) is 0 Å². The Labute approximate surface area is 173 Å². The minimum Gasteiger partial charge on any atom is -0.467 e. The SMILES string of the molecule is COC(=O)C1Cc2c(Br)cccc2CN1C(=O)c1cc(=O)[nH]c2cc(F)ccc12. The summed E-state index contributed by atoms with van der Waals surface area (Å²) in [5.41, 5.74) is 1.63. The van der Waals surface area contributed by atoms with Gasteiger partial charge in [-0.25, -0.2) is 9.18 Å². The monoisotopic (exact) mass is 458 g/mol. The predicted octanol–water partition coefficient (Wildman–Crippen LogP) is 3.17. The minimum atomic E-state index is -0.839. The van der Waals surface area contributed by atoms with E-state index >= 15 is 0 Å². The van der Waals surface area contributed by atoms with Crippen molar-refractivity contribution < 1.29 is 18.7 Å². The largest absolute Gasteiger partial charge is 0.467 e. The molecule has 1 unspecified atom stereocenters. The molecule has 0 bridgehead atoms. The van der Waals surface area contributed by atoms with Crippen molar-refractivity contribution in [2.75, 3.05) is 7.11 Å². The van der Waals surface area contributed by atoms with Crippen LogP contribution in [-0.4, -0.2) is 34.9 Å². The van der Waals surface area contributed by atoms with Crippen LogP contribution in [0, 0.1) is 5.82 Å². The Kier molecular flexibility index (Phi) is 4.96. The fourth-order valence-electron chi connectivity index (χ4n) is 3.70. The van der Waals surface area contributed by atoms with Gasteiger partial charge in [0.25, 0.3) is 5.91 Å². The van der Waals surface area contributed by atoms with Crippen LogP contribution in [0.1, 0.15) is 21.5 Å². The minimum absolute atomic E-state index is 0.107. The molecule has 1 amide bonds. The molecule has 1 atom stereocenters. The molecule has 1 aromatic heterocycles. The van der Waals surface area contributed by atoms with Gasteiger partial charge >= 0.3 is 5.97 Å². The van der Waals surface area contributed by atoms with Gasteiger partial charge < -0.3 is 14.6 Å². The van der Waals surface area contributed by atoms with Crippen LogP contribution in [0.2, 0.25) is 0 Å². The highest BCUT2D eigenvalue weighted by Gasteiger charge is 2.37. The van der Waals surface area contributed by atoms with Gasteiger partial charge in [-0.05, 0) is 35.4 Å². The van der Waals surface area contributed by atoms with Crippen molar-refractivity contribution in [2.45, 2.75) is 19.0 Å². The number of amides is 1. The highest BCUT2D eigenvalue weighted by atomic mass is 79.9. The molecule has 0 saturated heterocycles. The Morgan fingerprint density at radius 2 is 2.03 bits per heavy atom. The van der Waals surface area contributed by atoms with Crippen LogP contribution < -0.4 is 5.56 Å². The number of hydrogen-bond donors (Lipinski definition) is 1. The van der Waals surface area contributed by atoms with Gasteiger partial charge in [-0.3, -0.25) is 9.59 Å². The van der Waals surface area contributed by atoms with Crippen LogP contribution in [-0.2, 0) is 22.5 Å². The number of aromatic amines is 1. The molecule has 1 aliphatic heterocycles. The van der Waals surface area contributed by atoms with Gasteiger partial charge in [0, 0.05) is 28.9 Å². The maximum absolute atomic E-state index is 13.6. The molecule has 2 aromatic carbocycles. The molecule has 0 fully saturated rings. The van der Waals surface area contributed by atoms with Gasteiger partial charge in [-0.2, -0.15) is 0 Å². The summed E-state index contributed by atoms with van der Waals surface area (Å²) < 4.78 is 19.4. The quantitative estimate of drug-likeness (QED) is 0.598. The standard InChI is InChI=1S/C21H16BrFN2O4/c1-29-21(28)18-8-14-11(3-2-4-16(14)22)10-25(18)20(27)15-9-19(26)24-17-7-12(23)5-6-13(15)17/h2-7,9,18H,8,10H2,1H3,(H,24,26). The van der Waals surface area contributed by atoms with E-state index in [4.69, 9.17) is 4.74 Å². The zero-order chi connectivity index (χ0) is 20.7. The Bertz CT molecular complexity index is 1210. The number of H-pyrrole nitrogens is 1. The number of carbonyl (C=O) groups excluding carboxylic acids is 2. The first-order chi connectivity index (χ1) is 13.9. The summed E-state index contributed by atoms with van der Waals surface area (Å²) in [6.45, 7) is 0.183. The first kappa shape index (κ1) is 19.3. The highest BCUT2D eigenvalue weighted by molar-refractivity contribution is 9.10. The third kappa shape index (κ3) is 3.44. The number of nitrogens with one attached hydrogen (secondary N) is 1. The van der Waals surface area contributed by atoms with E-state index in [1.165, 1.54) is 30.2 Å². The number of carbonyl (C=O) groups is 2. The summed E-state index contributed by atoms with van der Waals surface area (Å²) in [5.74, 6) is -1.56. The molecular formula is C21H16BrFN2O4. The number of rotatable bonds is 2. The van der Waals surface area contributed by atoms with E-state index in [9.17, 15) is 18.8 Å². The Balaban J connectivity index is 1.84. The molecule has 0 radical (unpaired) electrons. The summed E-state index contributed by atoms with van der Waals surface area (Å²) in [6, 6.07) is 9.78. The summed E-state index contributed by atoms with van der Waals surface area (Å²) in [4.78, 5) is 41.9. The Hall–Kier alpha value is -3.00. The third-order valence-electron chi connectivity index (χ3n) is 5.10. The Morgan fingerprint density at radius 1 is 1.24 bits per heavy atom. The van der Waals surface area contributed by atoms with Crippen molar-refractivity contribution in [3.63, 3.8) is 0 Å². The second-order valence-electron chi connectivity index (χ2n) is 6.79. The highest BCUT2D eigenvalue weighted by Crippen LogP contribution is 2.31. The lowest BCUT2D eigenvalue weighted by Gasteiger charge is -2.35. The van der Waals surface area contributed by atoms with Crippen molar-refractivity contribution >= 4 is 38.7 Å². The number of ether oxygens (including phenoxy) is 1. The van der Waals surface area contributed by atoms with Crippen LogP contribution in [0.25, 0.3) is 10.9 Å². The van der Waals surface area contributed by atoms with E-state index in [1.807, 2.05) is 18.2 Å². The first-order valence-corrected chi connectivity index (χ1v) is 9.66. The van der Waals surface area contributed by atoms with Crippen LogP contribution in [0.5, 0.6) is 0 Å². The number of fused-ring (bicyclic) bond motifs is 2. The zero-order valence-electron chi connectivity index (χ0n) is 15.4. The topological polar surface area (TPSA) is 79.5 Å². The van der Waals surface area contributed by atoms with Gasteiger partial charge in [-0.1, -0.05) is 28.1 Å². The summed E-state index contributed by atoms with van der Waals surface area (Å²) >= 11 is 3.49. The van der Waals surface area contributed by atoms with Crippen LogP contribution >= 0.6 is 15.9 Å². The number of aromatic nitrogens is 1. The number of benzene rings is 2. The molecule has 148 valence electrons. The number of pyridine rings is 1. The molecule has 0 saturated carbocycles. The van der Waals surface area contributed by atoms with Crippen molar-refractivity contribution in [3.05, 3.63) is 79.8 Å². The van der Waals surface area contributed by atoms with E-state index in [2.05, 4.69) is 20.9 Å². The molecule has 0 spiro atoms. The number of nitrogens with zero attached hydrogens (tertiary/aromatic N) is 1. The number of halogens is 2. The van der Waals surface area contributed by atoms with Gasteiger partial charge in [0.05, 0.1) is 18.2 Å². The lowest BCUT2D eigenvalue weighted by atomic mass is 9.93. The average Bonchev–Trinajstić information content (AvgIpc) is 2.71. The lowest BCUT2D eigenvalue weighted by molar-refractivity contribution is -0.146. The van der Waals surface area contributed by atoms with E-state index < -0.39 is 29.3 Å². The molecule has 4 rings (SSSR count). The van der Waals surface area contributed by atoms with Crippen molar-refractivity contribution in [2.24, 2.45) is 0 Å². The van der Waals surface area contributed by atoms with E-state index in [1.54, 1.807) is 0 Å². The van der Waals surface area contributed by atoms with Crippen molar-refractivity contribution in [1.29, 1.82) is 0 Å². The summed E-state index contributed by atoms with van der Waals surface area (Å²) in [5, 5.41) is 0.402. The van der Waals surface area contributed by atoms with E-state index in [-0.39, 0.29) is 24.0 Å². The smallest absolute Gasteiger partial charge is 0.328 e. The number of methoxy groups -OCH3 is 1. The van der Waals surface area contributed by atoms with Crippen LogP contribution in [0.4, 0.5) is 4.39 Å². The molecule has 8 heteroatoms. The van der Waals surface area contributed by atoms with E-state index in [0.29, 0.717) is 5.39 Å².